The number of nitrogens with one attached hydrogen (secondary N) is 4. The number of anilines is 2. The lowest BCUT2D eigenvalue weighted by Gasteiger charge is -2.08. The van der Waals surface area contributed by atoms with Gasteiger partial charge in [0.1, 0.15) is 5.76 Å². The van der Waals surface area contributed by atoms with Crippen LogP contribution >= 0.6 is 0 Å². The molecule has 0 aliphatic rings. The molecule has 0 aliphatic heterocycles. The third kappa shape index (κ3) is 7.34. The summed E-state index contributed by atoms with van der Waals surface area (Å²) in [7, 11) is -3.51. The molecule has 3 rings (SSSR count). The van der Waals surface area contributed by atoms with Crippen LogP contribution in [0.25, 0.3) is 6.08 Å². The molecule has 0 unspecified atom stereocenters. The van der Waals surface area contributed by atoms with Gasteiger partial charge in [-0.3, -0.25) is 4.79 Å². The van der Waals surface area contributed by atoms with Gasteiger partial charge in [0.15, 0.2) is 0 Å². The van der Waals surface area contributed by atoms with Crippen molar-refractivity contribution in [2.75, 3.05) is 17.2 Å². The second-order valence-electron chi connectivity index (χ2n) is 6.86. The topological polar surface area (TPSA) is 130 Å². The summed E-state index contributed by atoms with van der Waals surface area (Å²) in [6, 6.07) is 16.0. The Labute approximate surface area is 191 Å². The van der Waals surface area contributed by atoms with E-state index in [1.54, 1.807) is 61.5 Å². The summed E-state index contributed by atoms with van der Waals surface area (Å²) in [5.74, 6) is 0.294. The minimum atomic E-state index is -3.51. The molecular weight excluding hydrogens is 444 g/mol. The van der Waals surface area contributed by atoms with Gasteiger partial charge in [0.2, 0.25) is 15.9 Å². The monoisotopic (exact) mass is 468 g/mol. The van der Waals surface area contributed by atoms with Gasteiger partial charge in [0, 0.05) is 24.0 Å². The maximum atomic E-state index is 12.2. The van der Waals surface area contributed by atoms with E-state index in [1.807, 2.05) is 0 Å². The maximum Gasteiger partial charge on any atom is 0.319 e. The zero-order valence-corrected chi connectivity index (χ0v) is 18.7. The first-order valence-corrected chi connectivity index (χ1v) is 11.6. The lowest BCUT2D eigenvalue weighted by molar-refractivity contribution is -0.111. The third-order valence-electron chi connectivity index (χ3n) is 4.37. The molecule has 1 aromatic heterocycles. The molecule has 10 heteroatoms. The predicted molar refractivity (Wildman–Crippen MR) is 126 cm³/mol. The number of hydrogen-bond acceptors (Lipinski definition) is 5. The predicted octanol–water partition coefficient (Wildman–Crippen LogP) is 3.55. The van der Waals surface area contributed by atoms with Crippen LogP contribution in [0.1, 0.15) is 18.2 Å². The lowest BCUT2D eigenvalue weighted by Crippen LogP contribution is -2.27. The van der Waals surface area contributed by atoms with Crippen LogP contribution in [0.4, 0.5) is 16.2 Å². The summed E-state index contributed by atoms with van der Waals surface area (Å²) in [6.45, 7) is 2.28. The van der Waals surface area contributed by atoms with Gasteiger partial charge in [0.25, 0.3) is 0 Å². The Morgan fingerprint density at radius 3 is 2.21 bits per heavy atom. The lowest BCUT2D eigenvalue weighted by atomic mass is 10.2. The van der Waals surface area contributed by atoms with Crippen molar-refractivity contribution in [3.8, 4) is 0 Å². The second kappa shape index (κ2) is 11.1. The van der Waals surface area contributed by atoms with Crippen molar-refractivity contribution in [1.29, 1.82) is 0 Å². The van der Waals surface area contributed by atoms with Gasteiger partial charge in [-0.25, -0.2) is 17.9 Å². The van der Waals surface area contributed by atoms with Gasteiger partial charge in [-0.15, -0.1) is 0 Å². The molecule has 33 heavy (non-hydrogen) atoms. The zero-order chi connectivity index (χ0) is 23.7. The van der Waals surface area contributed by atoms with E-state index in [4.69, 9.17) is 4.42 Å². The Bertz CT molecular complexity index is 1200. The Morgan fingerprint density at radius 2 is 1.61 bits per heavy atom. The molecule has 4 N–H and O–H groups in total. The van der Waals surface area contributed by atoms with E-state index in [2.05, 4.69) is 20.7 Å². The summed E-state index contributed by atoms with van der Waals surface area (Å²) in [6.07, 6.45) is 4.46. The molecule has 172 valence electrons. The molecule has 0 saturated heterocycles. The third-order valence-corrected chi connectivity index (χ3v) is 5.93. The number of sulfonamides is 1. The second-order valence-corrected chi connectivity index (χ2v) is 8.62. The first-order chi connectivity index (χ1) is 15.9. The summed E-state index contributed by atoms with van der Waals surface area (Å²) in [4.78, 5) is 24.2. The van der Waals surface area contributed by atoms with E-state index in [1.165, 1.54) is 24.5 Å². The van der Waals surface area contributed by atoms with Gasteiger partial charge in [-0.1, -0.05) is 19.1 Å². The Kier molecular flexibility index (Phi) is 8.01. The van der Waals surface area contributed by atoms with Crippen molar-refractivity contribution >= 4 is 39.4 Å². The van der Waals surface area contributed by atoms with Crippen LogP contribution in [0.15, 0.2) is 82.3 Å². The van der Waals surface area contributed by atoms with Crippen LogP contribution < -0.4 is 20.7 Å². The number of hydrogen-bond donors (Lipinski definition) is 4. The Morgan fingerprint density at radius 1 is 0.939 bits per heavy atom. The van der Waals surface area contributed by atoms with E-state index in [0.717, 1.165) is 0 Å². The van der Waals surface area contributed by atoms with Crippen LogP contribution in [-0.2, 0) is 21.4 Å². The fraction of sp³-hybridized carbons (Fsp3) is 0.130. The smallest absolute Gasteiger partial charge is 0.319 e. The molecule has 9 nitrogen and oxygen atoms in total. The minimum absolute atomic E-state index is 0.161. The Hall–Kier alpha value is -3.89. The minimum Gasteiger partial charge on any atom is -0.467 e. The molecule has 0 fully saturated rings. The van der Waals surface area contributed by atoms with Crippen molar-refractivity contribution in [1.82, 2.24) is 10.0 Å². The average molecular weight is 469 g/mol. The fourth-order valence-corrected chi connectivity index (χ4v) is 3.82. The number of amides is 3. The van der Waals surface area contributed by atoms with Crippen molar-refractivity contribution in [2.24, 2.45) is 0 Å². The van der Waals surface area contributed by atoms with Crippen LogP contribution in [-0.4, -0.2) is 26.9 Å². The van der Waals surface area contributed by atoms with Crippen molar-refractivity contribution < 1.29 is 22.4 Å². The molecule has 3 aromatic rings. The van der Waals surface area contributed by atoms with E-state index in [9.17, 15) is 18.0 Å². The number of rotatable bonds is 9. The van der Waals surface area contributed by atoms with Gasteiger partial charge >= 0.3 is 6.03 Å². The summed E-state index contributed by atoms with van der Waals surface area (Å²) < 4.78 is 31.5. The quantitative estimate of drug-likeness (QED) is 0.357. The zero-order valence-electron chi connectivity index (χ0n) is 17.9. The first kappa shape index (κ1) is 23.8. The standard InChI is InChI=1S/C23H24N4O5S/c1-2-25-33(30,31)21-12-5-17(6-13-21)7-14-22(28)26-18-8-10-19(11-9-18)27-23(29)24-16-20-4-3-15-32-20/h3-15,25H,2,16H2,1H3,(H,26,28)(H2,24,27,29)/b14-7+. The van der Waals surface area contributed by atoms with Gasteiger partial charge in [-0.05, 0) is 60.2 Å². The molecule has 0 atom stereocenters. The number of furan rings is 1. The molecule has 0 saturated carbocycles. The van der Waals surface area contributed by atoms with Gasteiger partial charge < -0.3 is 20.4 Å². The normalized spacial score (nSPS) is 11.3. The van der Waals surface area contributed by atoms with Crippen LogP contribution in [0, 0.1) is 0 Å². The fourth-order valence-electron chi connectivity index (χ4n) is 2.78. The van der Waals surface area contributed by atoms with Crippen LogP contribution in [0.2, 0.25) is 0 Å². The molecule has 0 aliphatic carbocycles. The molecule has 2 aromatic carbocycles. The molecule has 1 heterocycles. The Balaban J connectivity index is 1.49. The largest absolute Gasteiger partial charge is 0.467 e. The molecule has 0 radical (unpaired) electrons. The first-order valence-electron chi connectivity index (χ1n) is 10.1. The summed E-state index contributed by atoms with van der Waals surface area (Å²) in [5, 5.41) is 8.08. The number of urea groups is 1. The molecular formula is C23H24N4O5S. The highest BCUT2D eigenvalue weighted by Crippen LogP contribution is 2.15. The van der Waals surface area contributed by atoms with Crippen molar-refractivity contribution in [3.05, 3.63) is 84.3 Å². The highest BCUT2D eigenvalue weighted by molar-refractivity contribution is 7.89. The van der Waals surface area contributed by atoms with E-state index in [0.29, 0.717) is 29.2 Å². The van der Waals surface area contributed by atoms with Crippen LogP contribution in [0.5, 0.6) is 0 Å². The average Bonchev–Trinajstić information content (AvgIpc) is 3.32. The van der Waals surface area contributed by atoms with Crippen LogP contribution in [0.3, 0.4) is 0 Å². The summed E-state index contributed by atoms with van der Waals surface area (Å²) in [5.41, 5.74) is 1.80. The number of benzene rings is 2. The van der Waals surface area contributed by atoms with E-state index in [-0.39, 0.29) is 23.4 Å². The molecule has 0 spiro atoms. The molecule has 3 amide bonds. The van der Waals surface area contributed by atoms with Crippen molar-refractivity contribution in [2.45, 2.75) is 18.4 Å². The number of carbonyl (C=O) groups excluding carboxylic acids is 2. The highest BCUT2D eigenvalue weighted by Gasteiger charge is 2.11. The van der Waals surface area contributed by atoms with Gasteiger partial charge in [-0.2, -0.15) is 0 Å². The van der Waals surface area contributed by atoms with E-state index < -0.39 is 10.0 Å². The van der Waals surface area contributed by atoms with Crippen molar-refractivity contribution in [3.63, 3.8) is 0 Å². The number of carbonyl (C=O) groups is 2. The van der Waals surface area contributed by atoms with Gasteiger partial charge in [0.05, 0.1) is 17.7 Å². The summed E-state index contributed by atoms with van der Waals surface area (Å²) >= 11 is 0. The molecule has 0 bridgehead atoms. The SMILES string of the molecule is CCNS(=O)(=O)c1ccc(/C=C/C(=O)Nc2ccc(NC(=O)NCc3ccco3)cc2)cc1. The maximum absolute atomic E-state index is 12.2. The highest BCUT2D eigenvalue weighted by atomic mass is 32.2. The van der Waals surface area contributed by atoms with E-state index >= 15 is 0 Å².